The molecular weight excluding hydrogens is 238 g/mol. The molecule has 2 aliphatic carbocycles. The third-order valence-corrected chi connectivity index (χ3v) is 5.98. The summed E-state index contributed by atoms with van der Waals surface area (Å²) >= 11 is 0. The van der Waals surface area contributed by atoms with Gasteiger partial charge in [0.2, 0.25) is 5.91 Å². The van der Waals surface area contributed by atoms with Gasteiger partial charge in [-0.05, 0) is 37.5 Å². The number of nitrogens with zero attached hydrogens (tertiary/aromatic N) is 1. The van der Waals surface area contributed by atoms with E-state index in [1.807, 2.05) is 4.90 Å². The number of hydrogen-bond acceptors (Lipinski definition) is 2. The molecule has 0 aromatic rings. The first-order chi connectivity index (χ1) is 9.13. The van der Waals surface area contributed by atoms with Gasteiger partial charge in [-0.25, -0.2) is 0 Å². The first-order valence-corrected chi connectivity index (χ1v) is 7.68. The molecule has 0 aromatic carbocycles. The standard InChI is InChI=1S/C16H21NO2/c1-10-7-11-9-13(18)12-3-2-6-17-14(8-10)16(11,12)5-4-15(17)19/h8,10-12H,2-7,9H2,1H3/t10?,11?,12-,16?/m1/s1. The van der Waals surface area contributed by atoms with E-state index in [2.05, 4.69) is 13.0 Å². The van der Waals surface area contributed by atoms with Crippen LogP contribution in [0.4, 0.5) is 0 Å². The van der Waals surface area contributed by atoms with E-state index in [-0.39, 0.29) is 17.2 Å². The predicted molar refractivity (Wildman–Crippen MR) is 71.1 cm³/mol. The molecule has 4 atom stereocenters. The second kappa shape index (κ2) is 3.71. The van der Waals surface area contributed by atoms with E-state index in [1.165, 1.54) is 5.70 Å². The molecule has 19 heavy (non-hydrogen) atoms. The largest absolute Gasteiger partial charge is 0.316 e. The first-order valence-electron chi connectivity index (χ1n) is 7.68. The van der Waals surface area contributed by atoms with Crippen LogP contribution in [-0.4, -0.2) is 23.1 Å². The predicted octanol–water partition coefficient (Wildman–Crippen LogP) is 2.52. The molecular formula is C16H21NO2. The third-order valence-electron chi connectivity index (χ3n) is 5.98. The highest BCUT2D eigenvalue weighted by Crippen LogP contribution is 2.63. The summed E-state index contributed by atoms with van der Waals surface area (Å²) in [6, 6.07) is 0. The smallest absolute Gasteiger partial charge is 0.226 e. The minimum Gasteiger partial charge on any atom is -0.316 e. The maximum Gasteiger partial charge on any atom is 0.226 e. The van der Waals surface area contributed by atoms with Crippen molar-refractivity contribution in [2.45, 2.75) is 45.4 Å². The lowest BCUT2D eigenvalue weighted by atomic mass is 9.59. The molecule has 3 nitrogen and oxygen atoms in total. The average Bonchev–Trinajstić information content (AvgIpc) is 2.55. The minimum atomic E-state index is 0.0357. The molecule has 0 N–H and O–H groups in total. The topological polar surface area (TPSA) is 37.4 Å². The lowest BCUT2D eigenvalue weighted by Crippen LogP contribution is -2.49. The van der Waals surface area contributed by atoms with Gasteiger partial charge >= 0.3 is 0 Å². The van der Waals surface area contributed by atoms with Crippen LogP contribution in [0, 0.1) is 23.2 Å². The molecule has 4 aliphatic rings. The Hall–Kier alpha value is -1.12. The highest BCUT2D eigenvalue weighted by atomic mass is 16.2. The molecule has 0 aromatic heterocycles. The van der Waals surface area contributed by atoms with E-state index in [4.69, 9.17) is 0 Å². The van der Waals surface area contributed by atoms with Gasteiger partial charge in [0.05, 0.1) is 0 Å². The molecule has 102 valence electrons. The normalized spacial score (nSPS) is 44.8. The van der Waals surface area contributed by atoms with Crippen molar-refractivity contribution in [3.05, 3.63) is 11.8 Å². The molecule has 1 saturated carbocycles. The molecule has 1 amide bonds. The Labute approximate surface area is 114 Å². The van der Waals surface area contributed by atoms with Gasteiger partial charge in [-0.2, -0.15) is 0 Å². The van der Waals surface area contributed by atoms with Crippen molar-refractivity contribution in [1.29, 1.82) is 0 Å². The summed E-state index contributed by atoms with van der Waals surface area (Å²) in [7, 11) is 0. The summed E-state index contributed by atoms with van der Waals surface area (Å²) in [5.74, 6) is 1.96. The van der Waals surface area contributed by atoms with Gasteiger partial charge in [-0.1, -0.05) is 13.0 Å². The summed E-state index contributed by atoms with van der Waals surface area (Å²) in [5.41, 5.74) is 1.27. The summed E-state index contributed by atoms with van der Waals surface area (Å²) in [6.07, 6.45) is 7.74. The Morgan fingerprint density at radius 3 is 3.05 bits per heavy atom. The highest BCUT2D eigenvalue weighted by Gasteiger charge is 2.61. The van der Waals surface area contributed by atoms with Crippen LogP contribution in [0.1, 0.15) is 45.4 Å². The van der Waals surface area contributed by atoms with Crippen LogP contribution in [0.15, 0.2) is 11.8 Å². The third kappa shape index (κ3) is 1.34. The van der Waals surface area contributed by atoms with Crippen molar-refractivity contribution >= 4 is 11.7 Å². The lowest BCUT2D eigenvalue weighted by Gasteiger charge is -2.50. The molecule has 1 spiro atoms. The fraction of sp³-hybridized carbons (Fsp3) is 0.750. The van der Waals surface area contributed by atoms with E-state index in [1.54, 1.807) is 0 Å². The summed E-state index contributed by atoms with van der Waals surface area (Å²) < 4.78 is 0. The minimum absolute atomic E-state index is 0.0357. The number of amides is 1. The van der Waals surface area contributed by atoms with Crippen LogP contribution >= 0.6 is 0 Å². The van der Waals surface area contributed by atoms with Gasteiger partial charge in [0.25, 0.3) is 0 Å². The molecule has 2 aliphatic heterocycles. The second-order valence-electron chi connectivity index (χ2n) is 6.91. The van der Waals surface area contributed by atoms with Crippen molar-refractivity contribution < 1.29 is 9.59 Å². The summed E-state index contributed by atoms with van der Waals surface area (Å²) in [5, 5.41) is 0. The Bertz CT molecular complexity index is 495. The molecule has 2 bridgehead atoms. The Morgan fingerprint density at radius 2 is 2.21 bits per heavy atom. The zero-order valence-electron chi connectivity index (χ0n) is 11.5. The van der Waals surface area contributed by atoms with Gasteiger partial charge < -0.3 is 4.90 Å². The van der Waals surface area contributed by atoms with Gasteiger partial charge in [0.1, 0.15) is 5.78 Å². The lowest BCUT2D eigenvalue weighted by molar-refractivity contribution is -0.135. The molecule has 4 rings (SSSR count). The fourth-order valence-electron chi connectivity index (χ4n) is 5.31. The van der Waals surface area contributed by atoms with Crippen LogP contribution < -0.4 is 0 Å². The molecule has 0 radical (unpaired) electrons. The second-order valence-corrected chi connectivity index (χ2v) is 6.91. The summed E-state index contributed by atoms with van der Waals surface area (Å²) in [6.45, 7) is 3.06. The number of rotatable bonds is 0. The zero-order chi connectivity index (χ0) is 13.2. The van der Waals surface area contributed by atoms with Crippen LogP contribution in [0.2, 0.25) is 0 Å². The monoisotopic (exact) mass is 259 g/mol. The molecule has 3 heteroatoms. The number of carbonyl (C=O) groups excluding carboxylic acids is 2. The first kappa shape index (κ1) is 11.7. The van der Waals surface area contributed by atoms with Gasteiger partial charge in [0.15, 0.2) is 0 Å². The van der Waals surface area contributed by atoms with Gasteiger partial charge in [-0.15, -0.1) is 0 Å². The quantitative estimate of drug-likeness (QED) is 0.670. The van der Waals surface area contributed by atoms with Crippen molar-refractivity contribution in [1.82, 2.24) is 4.90 Å². The van der Waals surface area contributed by atoms with E-state index in [0.29, 0.717) is 24.0 Å². The number of Topliss-reactive ketones (excluding diaryl/α,β-unsaturated/α-hetero) is 1. The van der Waals surface area contributed by atoms with E-state index in [9.17, 15) is 9.59 Å². The number of ketones is 1. The van der Waals surface area contributed by atoms with E-state index in [0.717, 1.165) is 38.6 Å². The van der Waals surface area contributed by atoms with Crippen LogP contribution in [-0.2, 0) is 9.59 Å². The number of carbonyl (C=O) groups is 2. The average molecular weight is 259 g/mol. The van der Waals surface area contributed by atoms with Crippen LogP contribution in [0.3, 0.4) is 0 Å². The van der Waals surface area contributed by atoms with E-state index >= 15 is 0 Å². The number of piperidine rings is 1. The number of allylic oxidation sites excluding steroid dienone is 2. The Balaban J connectivity index is 1.92. The van der Waals surface area contributed by atoms with Crippen LogP contribution in [0.25, 0.3) is 0 Å². The Morgan fingerprint density at radius 1 is 1.37 bits per heavy atom. The fourth-order valence-corrected chi connectivity index (χ4v) is 5.31. The number of hydrogen-bond donors (Lipinski definition) is 0. The summed E-state index contributed by atoms with van der Waals surface area (Å²) in [4.78, 5) is 26.7. The maximum atomic E-state index is 12.5. The van der Waals surface area contributed by atoms with Crippen molar-refractivity contribution in [2.75, 3.05) is 6.54 Å². The maximum absolute atomic E-state index is 12.5. The van der Waals surface area contributed by atoms with Crippen LogP contribution in [0.5, 0.6) is 0 Å². The van der Waals surface area contributed by atoms with E-state index < -0.39 is 0 Å². The van der Waals surface area contributed by atoms with Crippen molar-refractivity contribution in [3.63, 3.8) is 0 Å². The zero-order valence-corrected chi connectivity index (χ0v) is 11.5. The molecule has 3 unspecified atom stereocenters. The van der Waals surface area contributed by atoms with Gasteiger partial charge in [-0.3, -0.25) is 9.59 Å². The molecule has 3 fully saturated rings. The molecule has 2 heterocycles. The van der Waals surface area contributed by atoms with Crippen molar-refractivity contribution in [3.8, 4) is 0 Å². The highest BCUT2D eigenvalue weighted by molar-refractivity contribution is 5.88. The Kier molecular flexibility index (Phi) is 2.28. The van der Waals surface area contributed by atoms with Crippen molar-refractivity contribution in [2.24, 2.45) is 23.2 Å². The molecule has 2 saturated heterocycles. The van der Waals surface area contributed by atoms with Gasteiger partial charge in [0, 0.05) is 36.4 Å². The SMILES string of the molecule is CC1C=C2N3CCC[C@@H]4C(=O)CC(C1)C24CCC3=O.